The molecule has 0 aromatic carbocycles. The number of aromatic nitrogens is 3. The third kappa shape index (κ3) is 3.40. The second kappa shape index (κ2) is 5.13. The molecule has 0 radical (unpaired) electrons. The van der Waals surface area contributed by atoms with E-state index in [0.717, 1.165) is 16.9 Å². The molecule has 0 aliphatic heterocycles. The number of aliphatic carboxylic acids is 1. The quantitative estimate of drug-likeness (QED) is 0.938. The Bertz CT molecular complexity index is 666. The molecule has 1 N–H and O–H groups in total. The lowest BCUT2D eigenvalue weighted by atomic mass is 9.85. The number of carboxylic acids is 1. The topological polar surface area (TPSA) is 68.0 Å². The van der Waals surface area contributed by atoms with Crippen LogP contribution in [0.4, 0.5) is 0 Å². The third-order valence-electron chi connectivity index (χ3n) is 3.46. The molecule has 0 bridgehead atoms. The van der Waals surface area contributed by atoms with E-state index in [-0.39, 0.29) is 17.4 Å². The number of carbonyl (C=O) groups is 1. The van der Waals surface area contributed by atoms with Gasteiger partial charge in [0.05, 0.1) is 18.1 Å². The van der Waals surface area contributed by atoms with Crippen LogP contribution in [0.2, 0.25) is 0 Å². The molecule has 2 rings (SSSR count). The zero-order valence-corrected chi connectivity index (χ0v) is 13.3. The van der Waals surface area contributed by atoms with Crippen molar-refractivity contribution in [2.75, 3.05) is 0 Å². The van der Waals surface area contributed by atoms with Gasteiger partial charge in [0.15, 0.2) is 0 Å². The summed E-state index contributed by atoms with van der Waals surface area (Å²) in [5.41, 5.74) is 1.43. The highest BCUT2D eigenvalue weighted by molar-refractivity contribution is 5.75. The Morgan fingerprint density at radius 2 is 1.95 bits per heavy atom. The van der Waals surface area contributed by atoms with Crippen LogP contribution in [0, 0.1) is 5.41 Å². The van der Waals surface area contributed by atoms with E-state index in [1.165, 1.54) is 0 Å². The van der Waals surface area contributed by atoms with E-state index < -0.39 is 5.97 Å². The van der Waals surface area contributed by atoms with E-state index in [1.807, 2.05) is 19.9 Å². The van der Waals surface area contributed by atoms with Crippen LogP contribution >= 0.6 is 0 Å². The van der Waals surface area contributed by atoms with Crippen molar-refractivity contribution in [3.8, 4) is 0 Å². The van der Waals surface area contributed by atoms with Gasteiger partial charge in [0.25, 0.3) is 0 Å². The zero-order valence-electron chi connectivity index (χ0n) is 13.3. The number of pyridine rings is 1. The molecule has 2 aromatic heterocycles. The molecule has 2 heterocycles. The Hall–Kier alpha value is -1.91. The van der Waals surface area contributed by atoms with Crippen LogP contribution in [0.1, 0.15) is 46.9 Å². The van der Waals surface area contributed by atoms with Crippen molar-refractivity contribution < 1.29 is 9.90 Å². The van der Waals surface area contributed by atoms with Crippen LogP contribution in [-0.2, 0) is 16.8 Å². The standard InChI is InChI=1S/C16H23N3O2/c1-15(2,3)19-12-6-7-17-10-11(12)18-13(19)8-16(4,5)9-14(20)21/h6-7,10H,8-9H2,1-5H3,(H,20,21). The van der Waals surface area contributed by atoms with E-state index in [4.69, 9.17) is 5.11 Å². The monoisotopic (exact) mass is 289 g/mol. The van der Waals surface area contributed by atoms with Crippen LogP contribution in [0.3, 0.4) is 0 Å². The average Bonchev–Trinajstić information content (AvgIpc) is 2.62. The Morgan fingerprint density at radius 3 is 2.52 bits per heavy atom. The van der Waals surface area contributed by atoms with Crippen LogP contribution in [0.5, 0.6) is 0 Å². The predicted molar refractivity (Wildman–Crippen MR) is 82.3 cm³/mol. The molecule has 5 heteroatoms. The minimum atomic E-state index is -0.778. The number of nitrogens with zero attached hydrogens (tertiary/aromatic N) is 3. The lowest BCUT2D eigenvalue weighted by Crippen LogP contribution is -2.28. The Labute approximate surface area is 125 Å². The number of rotatable bonds is 4. The van der Waals surface area contributed by atoms with Crippen LogP contribution in [0.15, 0.2) is 18.5 Å². The van der Waals surface area contributed by atoms with Crippen molar-refractivity contribution >= 4 is 17.0 Å². The van der Waals surface area contributed by atoms with Gasteiger partial charge in [-0.3, -0.25) is 9.78 Å². The molecule has 0 fully saturated rings. The first-order chi connectivity index (χ1) is 9.60. The van der Waals surface area contributed by atoms with Gasteiger partial charge in [0, 0.05) is 18.2 Å². The van der Waals surface area contributed by atoms with Gasteiger partial charge < -0.3 is 9.67 Å². The second-order valence-electron chi connectivity index (χ2n) is 7.31. The van der Waals surface area contributed by atoms with Crippen molar-refractivity contribution in [3.05, 3.63) is 24.3 Å². The smallest absolute Gasteiger partial charge is 0.303 e. The molecule has 2 aromatic rings. The summed E-state index contributed by atoms with van der Waals surface area (Å²) in [6.07, 6.45) is 4.26. The SMILES string of the molecule is CC(C)(CC(=O)O)Cc1nc2cnccc2n1C(C)(C)C. The summed E-state index contributed by atoms with van der Waals surface area (Å²) in [4.78, 5) is 19.8. The highest BCUT2D eigenvalue weighted by Gasteiger charge is 2.28. The van der Waals surface area contributed by atoms with E-state index >= 15 is 0 Å². The van der Waals surface area contributed by atoms with E-state index in [2.05, 4.69) is 35.3 Å². The van der Waals surface area contributed by atoms with Crippen molar-refractivity contribution in [3.63, 3.8) is 0 Å². The maximum atomic E-state index is 11.0. The highest BCUT2D eigenvalue weighted by atomic mass is 16.4. The molecule has 0 atom stereocenters. The van der Waals surface area contributed by atoms with Crippen LogP contribution in [0.25, 0.3) is 11.0 Å². The molecule has 0 amide bonds. The van der Waals surface area contributed by atoms with Gasteiger partial charge in [-0.1, -0.05) is 13.8 Å². The minimum Gasteiger partial charge on any atom is -0.481 e. The number of imidazole rings is 1. The van der Waals surface area contributed by atoms with Gasteiger partial charge in [-0.05, 0) is 32.3 Å². The average molecular weight is 289 g/mol. The number of hydrogen-bond donors (Lipinski definition) is 1. The fourth-order valence-corrected chi connectivity index (χ4v) is 2.75. The fraction of sp³-hybridized carbons (Fsp3) is 0.562. The molecule has 114 valence electrons. The van der Waals surface area contributed by atoms with Crippen molar-refractivity contribution in [2.45, 2.75) is 53.0 Å². The highest BCUT2D eigenvalue weighted by Crippen LogP contribution is 2.31. The van der Waals surface area contributed by atoms with Crippen molar-refractivity contribution in [1.82, 2.24) is 14.5 Å². The summed E-state index contributed by atoms with van der Waals surface area (Å²) >= 11 is 0. The van der Waals surface area contributed by atoms with E-state index in [9.17, 15) is 4.79 Å². The first kappa shape index (κ1) is 15.5. The second-order valence-corrected chi connectivity index (χ2v) is 7.31. The number of hydrogen-bond acceptors (Lipinski definition) is 3. The van der Waals surface area contributed by atoms with Gasteiger partial charge in [0.2, 0.25) is 0 Å². The number of carboxylic acid groups (broad SMARTS) is 1. The normalized spacial score (nSPS) is 12.8. The molecule has 0 unspecified atom stereocenters. The van der Waals surface area contributed by atoms with Crippen LogP contribution < -0.4 is 0 Å². The summed E-state index contributed by atoms with van der Waals surface area (Å²) in [6, 6.07) is 1.96. The van der Waals surface area contributed by atoms with Crippen molar-refractivity contribution in [1.29, 1.82) is 0 Å². The summed E-state index contributed by atoms with van der Waals surface area (Å²) in [6.45, 7) is 10.3. The van der Waals surface area contributed by atoms with Gasteiger partial charge >= 0.3 is 5.97 Å². The predicted octanol–water partition coefficient (Wildman–Crippen LogP) is 3.23. The maximum Gasteiger partial charge on any atom is 0.303 e. The molecule has 0 aliphatic carbocycles. The first-order valence-corrected chi connectivity index (χ1v) is 7.14. The first-order valence-electron chi connectivity index (χ1n) is 7.14. The van der Waals surface area contributed by atoms with Crippen LogP contribution in [-0.4, -0.2) is 25.6 Å². The third-order valence-corrected chi connectivity index (χ3v) is 3.46. The molecule has 5 nitrogen and oxygen atoms in total. The lowest BCUT2D eigenvalue weighted by molar-refractivity contribution is -0.139. The Kier molecular flexibility index (Phi) is 3.78. The molecule has 0 aliphatic rings. The molecular formula is C16H23N3O2. The van der Waals surface area contributed by atoms with Gasteiger partial charge in [-0.15, -0.1) is 0 Å². The summed E-state index contributed by atoms with van der Waals surface area (Å²) < 4.78 is 2.19. The lowest BCUT2D eigenvalue weighted by Gasteiger charge is -2.28. The molecule has 0 saturated carbocycles. The Balaban J connectivity index is 2.51. The Morgan fingerprint density at radius 1 is 1.29 bits per heavy atom. The fourth-order valence-electron chi connectivity index (χ4n) is 2.75. The minimum absolute atomic E-state index is 0.120. The molecular weight excluding hydrogens is 266 g/mol. The maximum absolute atomic E-state index is 11.0. The molecule has 0 spiro atoms. The zero-order chi connectivity index (χ0) is 15.8. The molecule has 0 saturated heterocycles. The van der Waals surface area contributed by atoms with Gasteiger partial charge in [0.1, 0.15) is 11.3 Å². The van der Waals surface area contributed by atoms with Gasteiger partial charge in [-0.25, -0.2) is 4.98 Å². The largest absolute Gasteiger partial charge is 0.481 e. The van der Waals surface area contributed by atoms with Crippen molar-refractivity contribution in [2.24, 2.45) is 5.41 Å². The van der Waals surface area contributed by atoms with Gasteiger partial charge in [-0.2, -0.15) is 0 Å². The summed E-state index contributed by atoms with van der Waals surface area (Å²) in [5.74, 6) is 0.136. The molecule has 21 heavy (non-hydrogen) atoms. The van der Waals surface area contributed by atoms with E-state index in [1.54, 1.807) is 12.4 Å². The van der Waals surface area contributed by atoms with E-state index in [0.29, 0.717) is 6.42 Å². The number of fused-ring (bicyclic) bond motifs is 1. The summed E-state index contributed by atoms with van der Waals surface area (Å²) in [5, 5.41) is 9.06. The summed E-state index contributed by atoms with van der Waals surface area (Å²) in [7, 11) is 0.